The molecule has 0 radical (unpaired) electrons. The SMILES string of the molecule is Cc1ccc(-n2c(=O)[nH]cc(C(N)=O)c2=O)nc1. The first-order valence-corrected chi connectivity index (χ1v) is 5.08. The second kappa shape index (κ2) is 4.28. The minimum atomic E-state index is -0.905. The van der Waals surface area contributed by atoms with Crippen LogP contribution >= 0.6 is 0 Å². The second-order valence-electron chi connectivity index (χ2n) is 3.71. The van der Waals surface area contributed by atoms with Crippen molar-refractivity contribution in [2.75, 3.05) is 0 Å². The normalized spacial score (nSPS) is 10.3. The maximum Gasteiger partial charge on any atom is 0.334 e. The smallest absolute Gasteiger partial charge is 0.334 e. The van der Waals surface area contributed by atoms with Crippen molar-refractivity contribution in [3.8, 4) is 5.82 Å². The van der Waals surface area contributed by atoms with Crippen molar-refractivity contribution in [3.05, 3.63) is 56.5 Å². The zero-order valence-electron chi connectivity index (χ0n) is 9.51. The summed E-state index contributed by atoms with van der Waals surface area (Å²) in [6.07, 6.45) is 2.51. The minimum Gasteiger partial charge on any atom is -0.365 e. The summed E-state index contributed by atoms with van der Waals surface area (Å²) >= 11 is 0. The standard InChI is InChI=1S/C11H10N4O3/c1-6-2-3-8(13-4-6)15-10(17)7(9(12)16)5-14-11(15)18/h2-5H,1H3,(H2,12,16)(H,14,18). The summed E-state index contributed by atoms with van der Waals surface area (Å²) in [6.45, 7) is 1.82. The van der Waals surface area contributed by atoms with Crippen molar-refractivity contribution in [3.63, 3.8) is 0 Å². The van der Waals surface area contributed by atoms with Crippen LogP contribution in [0.4, 0.5) is 0 Å². The molecule has 7 nitrogen and oxygen atoms in total. The van der Waals surface area contributed by atoms with E-state index < -0.39 is 17.2 Å². The lowest BCUT2D eigenvalue weighted by Crippen LogP contribution is -2.38. The summed E-state index contributed by atoms with van der Waals surface area (Å²) < 4.78 is 0.763. The largest absolute Gasteiger partial charge is 0.365 e. The van der Waals surface area contributed by atoms with Gasteiger partial charge in [-0.15, -0.1) is 0 Å². The molecule has 92 valence electrons. The van der Waals surface area contributed by atoms with Crippen LogP contribution in [0.3, 0.4) is 0 Å². The molecule has 7 heteroatoms. The van der Waals surface area contributed by atoms with E-state index in [1.165, 1.54) is 12.3 Å². The number of nitrogens with zero attached hydrogens (tertiary/aromatic N) is 2. The molecule has 0 aliphatic heterocycles. The number of nitrogens with two attached hydrogens (primary N) is 1. The Kier molecular flexibility index (Phi) is 2.80. The quantitative estimate of drug-likeness (QED) is 0.731. The van der Waals surface area contributed by atoms with Crippen LogP contribution in [0.2, 0.25) is 0 Å². The fourth-order valence-corrected chi connectivity index (χ4v) is 1.45. The number of carbonyl (C=O) groups is 1. The molecule has 0 spiro atoms. The van der Waals surface area contributed by atoms with Gasteiger partial charge in [-0.2, -0.15) is 0 Å². The van der Waals surface area contributed by atoms with Crippen LogP contribution in [-0.4, -0.2) is 20.4 Å². The summed E-state index contributed by atoms with van der Waals surface area (Å²) in [7, 11) is 0. The van der Waals surface area contributed by atoms with Crippen LogP contribution in [0.25, 0.3) is 5.82 Å². The average Bonchev–Trinajstić information content (AvgIpc) is 2.31. The zero-order valence-corrected chi connectivity index (χ0v) is 9.51. The molecule has 0 aliphatic rings. The van der Waals surface area contributed by atoms with Gasteiger partial charge in [0.2, 0.25) is 0 Å². The number of hydrogen-bond acceptors (Lipinski definition) is 4. The summed E-state index contributed by atoms with van der Waals surface area (Å²) in [5.41, 5.74) is 4.16. The van der Waals surface area contributed by atoms with Gasteiger partial charge >= 0.3 is 5.69 Å². The van der Waals surface area contributed by atoms with Gasteiger partial charge in [-0.05, 0) is 18.6 Å². The van der Waals surface area contributed by atoms with E-state index >= 15 is 0 Å². The van der Waals surface area contributed by atoms with Crippen LogP contribution in [0.15, 0.2) is 34.1 Å². The number of hydrogen-bond donors (Lipinski definition) is 2. The van der Waals surface area contributed by atoms with Gasteiger partial charge in [-0.25, -0.2) is 14.3 Å². The van der Waals surface area contributed by atoms with Crippen molar-refractivity contribution in [1.29, 1.82) is 0 Å². The predicted octanol–water partition coefficient (Wildman–Crippen LogP) is -0.672. The highest BCUT2D eigenvalue weighted by atomic mass is 16.2. The van der Waals surface area contributed by atoms with Crippen molar-refractivity contribution in [2.24, 2.45) is 5.73 Å². The molecule has 0 atom stereocenters. The van der Waals surface area contributed by atoms with E-state index in [2.05, 4.69) is 9.97 Å². The molecule has 0 bridgehead atoms. The van der Waals surface area contributed by atoms with Gasteiger partial charge in [-0.1, -0.05) is 6.07 Å². The highest BCUT2D eigenvalue weighted by Crippen LogP contribution is 2.00. The van der Waals surface area contributed by atoms with E-state index in [0.29, 0.717) is 0 Å². The fourth-order valence-electron chi connectivity index (χ4n) is 1.45. The first kappa shape index (κ1) is 11.8. The van der Waals surface area contributed by atoms with E-state index in [1.54, 1.807) is 6.07 Å². The lowest BCUT2D eigenvalue weighted by Gasteiger charge is -2.04. The number of rotatable bonds is 2. The molecule has 0 aliphatic carbocycles. The molecular weight excluding hydrogens is 236 g/mol. The lowest BCUT2D eigenvalue weighted by molar-refractivity contribution is 0.0998. The number of H-pyrrole nitrogens is 1. The van der Waals surface area contributed by atoms with Crippen LogP contribution in [0.5, 0.6) is 0 Å². The van der Waals surface area contributed by atoms with Crippen molar-refractivity contribution in [1.82, 2.24) is 14.5 Å². The number of carbonyl (C=O) groups excluding carboxylic acids is 1. The van der Waals surface area contributed by atoms with Gasteiger partial charge in [0.05, 0.1) is 0 Å². The van der Waals surface area contributed by atoms with Crippen molar-refractivity contribution in [2.45, 2.75) is 6.92 Å². The Labute approximate surface area is 101 Å². The molecule has 0 unspecified atom stereocenters. The topological polar surface area (TPSA) is 111 Å². The molecular formula is C11H10N4O3. The Bertz CT molecular complexity index is 712. The molecule has 0 aromatic carbocycles. The molecule has 2 aromatic heterocycles. The van der Waals surface area contributed by atoms with Gasteiger partial charge in [0.1, 0.15) is 11.4 Å². The van der Waals surface area contributed by atoms with Crippen LogP contribution in [0, 0.1) is 6.92 Å². The second-order valence-corrected chi connectivity index (χ2v) is 3.71. The molecule has 1 amide bonds. The Morgan fingerprint density at radius 2 is 2.11 bits per heavy atom. The Balaban J connectivity index is 2.75. The van der Waals surface area contributed by atoms with E-state index in [4.69, 9.17) is 5.73 Å². The maximum atomic E-state index is 11.9. The molecule has 2 aromatic rings. The molecule has 0 saturated carbocycles. The number of amides is 1. The third kappa shape index (κ3) is 1.93. The predicted molar refractivity (Wildman–Crippen MR) is 63.7 cm³/mol. The van der Waals surface area contributed by atoms with Crippen molar-refractivity contribution >= 4 is 5.91 Å². The summed E-state index contributed by atoms with van der Waals surface area (Å²) in [5, 5.41) is 0. The maximum absolute atomic E-state index is 11.9. The number of pyridine rings is 1. The van der Waals surface area contributed by atoms with Gasteiger partial charge in [-0.3, -0.25) is 9.59 Å². The number of aryl methyl sites for hydroxylation is 1. The first-order chi connectivity index (χ1) is 8.50. The first-order valence-electron chi connectivity index (χ1n) is 5.08. The number of aromatic amines is 1. The molecule has 18 heavy (non-hydrogen) atoms. The van der Waals surface area contributed by atoms with E-state index in [0.717, 1.165) is 16.3 Å². The van der Waals surface area contributed by atoms with E-state index in [-0.39, 0.29) is 11.4 Å². The van der Waals surface area contributed by atoms with E-state index in [9.17, 15) is 14.4 Å². The summed E-state index contributed by atoms with van der Waals surface area (Å²) in [5.74, 6) is -0.771. The lowest BCUT2D eigenvalue weighted by atomic mass is 10.3. The molecule has 0 saturated heterocycles. The third-order valence-corrected chi connectivity index (χ3v) is 2.37. The molecule has 0 fully saturated rings. The monoisotopic (exact) mass is 246 g/mol. The van der Waals surface area contributed by atoms with Crippen LogP contribution < -0.4 is 17.0 Å². The van der Waals surface area contributed by atoms with Gasteiger partial charge < -0.3 is 10.7 Å². The number of primary amides is 1. The minimum absolute atomic E-state index is 0.134. The Hall–Kier alpha value is -2.70. The highest BCUT2D eigenvalue weighted by Gasteiger charge is 2.13. The summed E-state index contributed by atoms with van der Waals surface area (Å²) in [4.78, 5) is 40.8. The number of nitrogens with one attached hydrogen (secondary N) is 1. The molecule has 2 rings (SSSR count). The van der Waals surface area contributed by atoms with Gasteiger partial charge in [0.25, 0.3) is 11.5 Å². The fraction of sp³-hybridized carbons (Fsp3) is 0.0909. The molecule has 2 heterocycles. The van der Waals surface area contributed by atoms with E-state index in [1.807, 2.05) is 6.92 Å². The Morgan fingerprint density at radius 3 is 2.67 bits per heavy atom. The van der Waals surface area contributed by atoms with Crippen LogP contribution in [-0.2, 0) is 0 Å². The van der Waals surface area contributed by atoms with Gasteiger partial charge in [0, 0.05) is 12.4 Å². The third-order valence-electron chi connectivity index (χ3n) is 2.37. The average molecular weight is 246 g/mol. The highest BCUT2D eigenvalue weighted by molar-refractivity contribution is 5.92. The molecule has 3 N–H and O–H groups in total. The van der Waals surface area contributed by atoms with Crippen molar-refractivity contribution < 1.29 is 4.79 Å². The summed E-state index contributed by atoms with van der Waals surface area (Å²) in [6, 6.07) is 3.21. The van der Waals surface area contributed by atoms with Crippen LogP contribution in [0.1, 0.15) is 15.9 Å². The zero-order chi connectivity index (χ0) is 13.3. The number of aromatic nitrogens is 3. The van der Waals surface area contributed by atoms with Gasteiger partial charge in [0.15, 0.2) is 0 Å². The Morgan fingerprint density at radius 1 is 1.39 bits per heavy atom.